The number of nitrogens with zero attached hydrogens (tertiary/aromatic N) is 1. The molecule has 1 aliphatic heterocycles. The van der Waals surface area contributed by atoms with E-state index in [9.17, 15) is 8.42 Å². The van der Waals surface area contributed by atoms with Crippen LogP contribution in [0.4, 0.5) is 0 Å². The van der Waals surface area contributed by atoms with Crippen molar-refractivity contribution >= 4 is 21.4 Å². The Bertz CT molecular complexity index is 295. The highest BCUT2D eigenvalue weighted by Crippen LogP contribution is 2.18. The fraction of sp³-hybridized carbons (Fsp3) is 1.00. The highest BCUT2D eigenvalue weighted by Gasteiger charge is 2.21. The molecule has 0 aromatic heterocycles. The number of sulfone groups is 1. The average Bonchev–Trinajstić information content (AvgIpc) is 2.27. The van der Waals surface area contributed by atoms with Gasteiger partial charge in [-0.05, 0) is 45.7 Å². The summed E-state index contributed by atoms with van der Waals surface area (Å²) in [6, 6.07) is 0. The summed E-state index contributed by atoms with van der Waals surface area (Å²) in [5.74, 6) is 1.65. The maximum absolute atomic E-state index is 11.6. The van der Waals surface area contributed by atoms with Gasteiger partial charge in [-0.1, -0.05) is 0 Å². The summed E-state index contributed by atoms with van der Waals surface area (Å²) in [5, 5.41) is -0.257. The second-order valence-electron chi connectivity index (χ2n) is 4.86. The summed E-state index contributed by atoms with van der Waals surface area (Å²) in [6.45, 7) is 6.15. The first-order valence-corrected chi connectivity index (χ1v) is 8.20. The van der Waals surface area contributed by atoms with Gasteiger partial charge in [-0.3, -0.25) is 0 Å². The summed E-state index contributed by atoms with van der Waals surface area (Å²) in [4.78, 5) is 2.24. The van der Waals surface area contributed by atoms with Crippen LogP contribution in [0, 0.1) is 5.92 Å². The van der Waals surface area contributed by atoms with Gasteiger partial charge in [0.1, 0.15) is 0 Å². The molecule has 1 heterocycles. The van der Waals surface area contributed by atoms with Crippen molar-refractivity contribution in [3.05, 3.63) is 0 Å². The molecule has 0 amide bonds. The summed E-state index contributed by atoms with van der Waals surface area (Å²) in [5.41, 5.74) is 0. The van der Waals surface area contributed by atoms with E-state index in [1.54, 1.807) is 13.8 Å². The van der Waals surface area contributed by atoms with Gasteiger partial charge >= 0.3 is 0 Å². The van der Waals surface area contributed by atoms with E-state index in [0.29, 0.717) is 12.5 Å². The van der Waals surface area contributed by atoms with Gasteiger partial charge in [0.2, 0.25) is 0 Å². The molecule has 1 rings (SSSR count). The fourth-order valence-electron chi connectivity index (χ4n) is 1.86. The summed E-state index contributed by atoms with van der Waals surface area (Å²) in [6.07, 6.45) is 2.20. The van der Waals surface area contributed by atoms with Gasteiger partial charge in [-0.2, -0.15) is 0 Å². The lowest BCUT2D eigenvalue weighted by Gasteiger charge is -2.30. The minimum atomic E-state index is -2.88. The minimum Gasteiger partial charge on any atom is -0.302 e. The Kier molecular flexibility index (Phi) is 5.54. The Labute approximate surface area is 104 Å². The van der Waals surface area contributed by atoms with Crippen LogP contribution >= 0.6 is 11.6 Å². The average molecular weight is 268 g/mol. The second kappa shape index (κ2) is 6.22. The molecule has 16 heavy (non-hydrogen) atoms. The SMILES string of the molecule is CC(C)S(=O)(=O)CCN1CCC(CCl)CC1. The standard InChI is InChI=1S/C11H22ClNO2S/c1-10(2)16(14,15)8-7-13-5-3-11(9-12)4-6-13/h10-11H,3-9H2,1-2H3. The molecule has 0 aliphatic carbocycles. The van der Waals surface area contributed by atoms with Gasteiger partial charge in [0.25, 0.3) is 0 Å². The van der Waals surface area contributed by atoms with E-state index in [-0.39, 0.29) is 11.0 Å². The zero-order valence-electron chi connectivity index (χ0n) is 10.2. The molecule has 0 radical (unpaired) electrons. The predicted molar refractivity (Wildman–Crippen MR) is 68.8 cm³/mol. The van der Waals surface area contributed by atoms with E-state index >= 15 is 0 Å². The number of hydrogen-bond acceptors (Lipinski definition) is 3. The molecule has 0 N–H and O–H groups in total. The maximum atomic E-state index is 11.6. The highest BCUT2D eigenvalue weighted by atomic mass is 35.5. The monoisotopic (exact) mass is 267 g/mol. The molecule has 96 valence electrons. The highest BCUT2D eigenvalue weighted by molar-refractivity contribution is 7.92. The van der Waals surface area contributed by atoms with Crippen LogP contribution in [0.1, 0.15) is 26.7 Å². The van der Waals surface area contributed by atoms with E-state index in [2.05, 4.69) is 4.90 Å². The normalized spacial score (nSPS) is 20.5. The Hall–Kier alpha value is 0.200. The molecule has 1 saturated heterocycles. The molecule has 0 unspecified atom stereocenters. The number of rotatable bonds is 5. The van der Waals surface area contributed by atoms with Gasteiger partial charge in [0.05, 0.1) is 11.0 Å². The smallest absolute Gasteiger partial charge is 0.153 e. The predicted octanol–water partition coefficient (Wildman–Crippen LogP) is 1.76. The Morgan fingerprint density at radius 1 is 1.31 bits per heavy atom. The molecule has 3 nitrogen and oxygen atoms in total. The van der Waals surface area contributed by atoms with Crippen molar-refractivity contribution in [3.63, 3.8) is 0 Å². The Morgan fingerprint density at radius 3 is 2.31 bits per heavy atom. The lowest BCUT2D eigenvalue weighted by Crippen LogP contribution is -2.38. The number of alkyl halides is 1. The van der Waals surface area contributed by atoms with Gasteiger partial charge in [0, 0.05) is 12.4 Å². The van der Waals surface area contributed by atoms with Gasteiger partial charge < -0.3 is 4.90 Å². The molecular weight excluding hydrogens is 246 g/mol. The number of halogens is 1. The third kappa shape index (κ3) is 4.22. The van der Waals surface area contributed by atoms with Gasteiger partial charge in [0.15, 0.2) is 9.84 Å². The molecule has 1 fully saturated rings. The Balaban J connectivity index is 2.30. The molecule has 0 spiro atoms. The van der Waals surface area contributed by atoms with E-state index in [0.717, 1.165) is 31.8 Å². The fourth-order valence-corrected chi connectivity index (χ4v) is 3.15. The minimum absolute atomic E-state index is 0.257. The summed E-state index contributed by atoms with van der Waals surface area (Å²) >= 11 is 5.80. The molecule has 0 aromatic rings. The van der Waals surface area contributed by atoms with E-state index in [1.165, 1.54) is 0 Å². The molecule has 0 saturated carbocycles. The van der Waals surface area contributed by atoms with E-state index in [1.807, 2.05) is 0 Å². The third-order valence-corrected chi connectivity index (χ3v) is 5.96. The topological polar surface area (TPSA) is 37.4 Å². The van der Waals surface area contributed by atoms with Crippen molar-refractivity contribution in [2.75, 3.05) is 31.3 Å². The first kappa shape index (κ1) is 14.3. The molecule has 1 aliphatic rings. The van der Waals surface area contributed by atoms with Crippen molar-refractivity contribution in [2.45, 2.75) is 31.9 Å². The van der Waals surface area contributed by atoms with Crippen LogP contribution in [0.5, 0.6) is 0 Å². The molecule has 0 bridgehead atoms. The van der Waals surface area contributed by atoms with Crippen LogP contribution in [-0.2, 0) is 9.84 Å². The molecule has 5 heteroatoms. The lowest BCUT2D eigenvalue weighted by atomic mass is 9.99. The van der Waals surface area contributed by atoms with Crippen LogP contribution in [0.2, 0.25) is 0 Å². The van der Waals surface area contributed by atoms with Crippen molar-refractivity contribution in [1.82, 2.24) is 4.90 Å². The van der Waals surface area contributed by atoms with Crippen molar-refractivity contribution in [2.24, 2.45) is 5.92 Å². The van der Waals surface area contributed by atoms with Crippen LogP contribution in [-0.4, -0.2) is 49.8 Å². The van der Waals surface area contributed by atoms with Crippen LogP contribution in [0.25, 0.3) is 0 Å². The quantitative estimate of drug-likeness (QED) is 0.713. The number of likely N-dealkylation sites (tertiary alicyclic amines) is 1. The first-order chi connectivity index (χ1) is 7.45. The zero-order chi connectivity index (χ0) is 12.2. The second-order valence-corrected chi connectivity index (χ2v) is 7.84. The summed E-state index contributed by atoms with van der Waals surface area (Å²) < 4.78 is 23.3. The molecule has 0 aromatic carbocycles. The molecule has 0 atom stereocenters. The third-order valence-electron chi connectivity index (χ3n) is 3.34. The zero-order valence-corrected chi connectivity index (χ0v) is 11.7. The van der Waals surface area contributed by atoms with E-state index < -0.39 is 9.84 Å². The number of hydrogen-bond donors (Lipinski definition) is 0. The van der Waals surface area contributed by atoms with Gasteiger partial charge in [-0.15, -0.1) is 11.6 Å². The maximum Gasteiger partial charge on any atom is 0.153 e. The summed E-state index contributed by atoms with van der Waals surface area (Å²) in [7, 11) is -2.88. The lowest BCUT2D eigenvalue weighted by molar-refractivity contribution is 0.203. The van der Waals surface area contributed by atoms with E-state index in [4.69, 9.17) is 11.6 Å². The first-order valence-electron chi connectivity index (χ1n) is 5.95. The van der Waals surface area contributed by atoms with Crippen LogP contribution < -0.4 is 0 Å². The largest absolute Gasteiger partial charge is 0.302 e. The van der Waals surface area contributed by atoms with Crippen LogP contribution in [0.3, 0.4) is 0 Å². The molecular formula is C11H22ClNO2S. The van der Waals surface area contributed by atoms with Crippen molar-refractivity contribution in [1.29, 1.82) is 0 Å². The number of piperidine rings is 1. The van der Waals surface area contributed by atoms with Crippen molar-refractivity contribution < 1.29 is 8.42 Å². The van der Waals surface area contributed by atoms with Gasteiger partial charge in [-0.25, -0.2) is 8.42 Å². The van der Waals surface area contributed by atoms with Crippen LogP contribution in [0.15, 0.2) is 0 Å². The van der Waals surface area contributed by atoms with Crippen molar-refractivity contribution in [3.8, 4) is 0 Å². The Morgan fingerprint density at radius 2 is 1.88 bits per heavy atom.